The Bertz CT molecular complexity index is 499. The van der Waals surface area contributed by atoms with Gasteiger partial charge in [0.05, 0.1) is 0 Å². The van der Waals surface area contributed by atoms with Crippen LogP contribution in [0.25, 0.3) is 0 Å². The number of nitrogens with two attached hydrogens (primary N) is 1. The monoisotopic (exact) mass is 293 g/mol. The Morgan fingerprint density at radius 2 is 1.67 bits per heavy atom. The van der Waals surface area contributed by atoms with Gasteiger partial charge < -0.3 is 16.2 Å². The molecule has 1 rings (SSSR count). The molecular weight excluding hydrogens is 274 g/mol. The maximum atomic E-state index is 11.7. The molecule has 0 heterocycles. The van der Waals surface area contributed by atoms with Gasteiger partial charge >= 0.3 is 11.8 Å². The third kappa shape index (κ3) is 6.05. The molecule has 0 aliphatic rings. The van der Waals surface area contributed by atoms with Crippen LogP contribution in [0.1, 0.15) is 29.6 Å². The van der Waals surface area contributed by atoms with Crippen molar-refractivity contribution in [2.24, 2.45) is 0 Å². The van der Waals surface area contributed by atoms with Gasteiger partial charge in [-0.15, -0.1) is 0 Å². The number of nitrogens with one attached hydrogen (secondary N) is 2. The first kappa shape index (κ1) is 16.6. The number of imide groups is 1. The minimum absolute atomic E-state index is 0.102. The van der Waals surface area contributed by atoms with Crippen LogP contribution in [0.2, 0.25) is 0 Å². The number of benzene rings is 1. The van der Waals surface area contributed by atoms with E-state index in [2.05, 4.69) is 5.32 Å². The first-order valence-electron chi connectivity index (χ1n) is 6.64. The number of nitrogen functional groups attached to an aromatic ring is 1. The van der Waals surface area contributed by atoms with Gasteiger partial charge in [-0.2, -0.15) is 0 Å². The standard InChI is InChI=1S/C14H19N3O4/c15-11-6-4-10(5-7-11)12(19)17-14(21)13(20)16-8-2-1-3-9-18/h4-7,18H,1-3,8-9,15H2,(H,16,20)(H,17,19,21). The Morgan fingerprint density at radius 3 is 2.29 bits per heavy atom. The third-order valence-corrected chi connectivity index (χ3v) is 2.73. The molecule has 1 aromatic carbocycles. The van der Waals surface area contributed by atoms with Crippen LogP contribution >= 0.6 is 0 Å². The number of carbonyl (C=O) groups excluding carboxylic acids is 3. The van der Waals surface area contributed by atoms with Crippen molar-refractivity contribution >= 4 is 23.4 Å². The van der Waals surface area contributed by atoms with Crippen LogP contribution < -0.4 is 16.4 Å². The van der Waals surface area contributed by atoms with Crippen LogP contribution in [-0.2, 0) is 9.59 Å². The van der Waals surface area contributed by atoms with E-state index in [0.717, 1.165) is 6.42 Å². The maximum Gasteiger partial charge on any atom is 0.316 e. The van der Waals surface area contributed by atoms with E-state index in [1.54, 1.807) is 0 Å². The second-order valence-electron chi connectivity index (χ2n) is 4.45. The molecule has 21 heavy (non-hydrogen) atoms. The van der Waals surface area contributed by atoms with Crippen LogP contribution in [0, 0.1) is 0 Å². The molecule has 7 nitrogen and oxygen atoms in total. The number of aliphatic hydroxyl groups excluding tert-OH is 1. The normalized spacial score (nSPS) is 9.95. The third-order valence-electron chi connectivity index (χ3n) is 2.73. The van der Waals surface area contributed by atoms with Gasteiger partial charge in [-0.05, 0) is 43.5 Å². The molecule has 5 N–H and O–H groups in total. The fourth-order valence-corrected chi connectivity index (χ4v) is 1.56. The van der Waals surface area contributed by atoms with E-state index in [1.165, 1.54) is 24.3 Å². The summed E-state index contributed by atoms with van der Waals surface area (Å²) in [6.45, 7) is 0.423. The summed E-state index contributed by atoms with van der Waals surface area (Å²) in [7, 11) is 0. The average Bonchev–Trinajstić information content (AvgIpc) is 2.47. The number of amides is 3. The molecule has 0 aliphatic carbocycles. The van der Waals surface area contributed by atoms with Crippen molar-refractivity contribution in [3.8, 4) is 0 Å². The zero-order chi connectivity index (χ0) is 15.7. The fourth-order valence-electron chi connectivity index (χ4n) is 1.56. The minimum atomic E-state index is -1.00. The van der Waals surface area contributed by atoms with E-state index in [1.807, 2.05) is 5.32 Å². The van der Waals surface area contributed by atoms with E-state index in [9.17, 15) is 14.4 Å². The van der Waals surface area contributed by atoms with Gasteiger partial charge in [-0.1, -0.05) is 0 Å². The van der Waals surface area contributed by atoms with Crippen LogP contribution in [0.4, 0.5) is 5.69 Å². The molecule has 3 amide bonds. The van der Waals surface area contributed by atoms with E-state index >= 15 is 0 Å². The summed E-state index contributed by atoms with van der Waals surface area (Å²) in [5, 5.41) is 13.0. The van der Waals surface area contributed by atoms with E-state index in [0.29, 0.717) is 25.1 Å². The highest BCUT2D eigenvalue weighted by Gasteiger charge is 2.17. The minimum Gasteiger partial charge on any atom is -0.399 e. The van der Waals surface area contributed by atoms with Gasteiger partial charge in [-0.25, -0.2) is 0 Å². The summed E-state index contributed by atoms with van der Waals surface area (Å²) in [6, 6.07) is 5.98. The van der Waals surface area contributed by atoms with Crippen LogP contribution in [-0.4, -0.2) is 36.0 Å². The van der Waals surface area contributed by atoms with Crippen molar-refractivity contribution in [2.75, 3.05) is 18.9 Å². The molecule has 0 radical (unpaired) electrons. The summed E-state index contributed by atoms with van der Waals surface area (Å²) < 4.78 is 0. The zero-order valence-corrected chi connectivity index (χ0v) is 11.6. The molecular formula is C14H19N3O4. The molecule has 0 bridgehead atoms. The fraction of sp³-hybridized carbons (Fsp3) is 0.357. The second kappa shape index (κ2) is 8.70. The molecule has 0 aromatic heterocycles. The highest BCUT2D eigenvalue weighted by molar-refractivity contribution is 6.38. The van der Waals surface area contributed by atoms with Crippen molar-refractivity contribution < 1.29 is 19.5 Å². The predicted octanol–water partition coefficient (Wildman–Crippen LogP) is -0.196. The molecule has 0 saturated heterocycles. The van der Waals surface area contributed by atoms with E-state index in [4.69, 9.17) is 10.8 Å². The molecule has 0 aliphatic heterocycles. The predicted molar refractivity (Wildman–Crippen MR) is 77.3 cm³/mol. The van der Waals surface area contributed by atoms with Crippen molar-refractivity contribution in [1.82, 2.24) is 10.6 Å². The Hall–Kier alpha value is -2.41. The van der Waals surface area contributed by atoms with Gasteiger partial charge in [0.1, 0.15) is 0 Å². The molecule has 114 valence electrons. The lowest BCUT2D eigenvalue weighted by atomic mass is 10.2. The molecule has 0 atom stereocenters. The summed E-state index contributed by atoms with van der Waals surface area (Å²) in [5.41, 5.74) is 6.23. The number of carbonyl (C=O) groups is 3. The van der Waals surface area contributed by atoms with Crippen LogP contribution in [0.3, 0.4) is 0 Å². The van der Waals surface area contributed by atoms with Crippen LogP contribution in [0.15, 0.2) is 24.3 Å². The number of hydrogen-bond donors (Lipinski definition) is 4. The van der Waals surface area contributed by atoms with Crippen LogP contribution in [0.5, 0.6) is 0 Å². The Kier molecular flexibility index (Phi) is 6.90. The van der Waals surface area contributed by atoms with E-state index in [-0.39, 0.29) is 12.2 Å². The maximum absolute atomic E-state index is 11.7. The van der Waals surface area contributed by atoms with Gasteiger partial charge in [0, 0.05) is 24.4 Å². The second-order valence-corrected chi connectivity index (χ2v) is 4.45. The topological polar surface area (TPSA) is 122 Å². The Morgan fingerprint density at radius 1 is 1.00 bits per heavy atom. The van der Waals surface area contributed by atoms with Crippen molar-refractivity contribution in [1.29, 1.82) is 0 Å². The number of rotatable bonds is 6. The largest absolute Gasteiger partial charge is 0.399 e. The highest BCUT2D eigenvalue weighted by Crippen LogP contribution is 2.04. The molecule has 0 fully saturated rings. The van der Waals surface area contributed by atoms with Crippen molar-refractivity contribution in [3.63, 3.8) is 0 Å². The number of hydrogen-bond acceptors (Lipinski definition) is 5. The lowest BCUT2D eigenvalue weighted by Crippen LogP contribution is -2.42. The molecule has 0 saturated carbocycles. The summed E-state index contributed by atoms with van der Waals surface area (Å²) >= 11 is 0. The van der Waals surface area contributed by atoms with Gasteiger partial charge in [-0.3, -0.25) is 19.7 Å². The first-order valence-corrected chi connectivity index (χ1v) is 6.64. The molecule has 7 heteroatoms. The molecule has 0 spiro atoms. The SMILES string of the molecule is Nc1ccc(C(=O)NC(=O)C(=O)NCCCCCO)cc1. The summed E-state index contributed by atoms with van der Waals surface area (Å²) in [5.74, 6) is -2.52. The van der Waals surface area contributed by atoms with Gasteiger partial charge in [0.2, 0.25) is 0 Å². The highest BCUT2D eigenvalue weighted by atomic mass is 16.3. The van der Waals surface area contributed by atoms with Gasteiger partial charge in [0.15, 0.2) is 0 Å². The number of unbranched alkanes of at least 4 members (excludes halogenated alkanes) is 2. The quantitative estimate of drug-likeness (QED) is 0.329. The summed E-state index contributed by atoms with van der Waals surface area (Å²) in [6.07, 6.45) is 2.06. The lowest BCUT2D eigenvalue weighted by Gasteiger charge is -2.06. The van der Waals surface area contributed by atoms with Crippen molar-refractivity contribution in [2.45, 2.75) is 19.3 Å². The lowest BCUT2D eigenvalue weighted by molar-refractivity contribution is -0.138. The average molecular weight is 293 g/mol. The number of anilines is 1. The Labute approximate surface area is 122 Å². The smallest absolute Gasteiger partial charge is 0.316 e. The first-order chi connectivity index (χ1) is 10.0. The van der Waals surface area contributed by atoms with Gasteiger partial charge in [0.25, 0.3) is 5.91 Å². The van der Waals surface area contributed by atoms with Crippen molar-refractivity contribution in [3.05, 3.63) is 29.8 Å². The molecule has 1 aromatic rings. The number of aliphatic hydroxyl groups is 1. The Balaban J connectivity index is 2.36. The molecule has 0 unspecified atom stereocenters. The zero-order valence-electron chi connectivity index (χ0n) is 11.6. The summed E-state index contributed by atoms with van der Waals surface area (Å²) in [4.78, 5) is 34.7. The van der Waals surface area contributed by atoms with E-state index < -0.39 is 17.7 Å².